The summed E-state index contributed by atoms with van der Waals surface area (Å²) in [6.07, 6.45) is 2.99. The summed E-state index contributed by atoms with van der Waals surface area (Å²) in [5.41, 5.74) is 8.99. The van der Waals surface area contributed by atoms with Gasteiger partial charge >= 0.3 is 0 Å². The van der Waals surface area contributed by atoms with Crippen LogP contribution in [0.5, 0.6) is 0 Å². The summed E-state index contributed by atoms with van der Waals surface area (Å²) >= 11 is 0. The Kier molecular flexibility index (Phi) is 4.83. The molecule has 2 N–H and O–H groups in total. The van der Waals surface area contributed by atoms with E-state index >= 15 is 0 Å². The molecule has 0 aliphatic rings. The molecule has 0 aliphatic heterocycles. The maximum absolute atomic E-state index is 5.80. The molecule has 0 radical (unpaired) electrons. The summed E-state index contributed by atoms with van der Waals surface area (Å²) in [6.45, 7) is 12.1. The first kappa shape index (κ1) is 14.6. The maximum Gasteiger partial charge on any atom is 0.100 e. The van der Waals surface area contributed by atoms with E-state index in [1.807, 2.05) is 33.8 Å². The summed E-state index contributed by atoms with van der Waals surface area (Å²) in [5, 5.41) is 0. The summed E-state index contributed by atoms with van der Waals surface area (Å²) in [4.78, 5) is 0. The highest BCUT2D eigenvalue weighted by Gasteiger charge is 2.11. The summed E-state index contributed by atoms with van der Waals surface area (Å²) < 4.78 is 5.70. The predicted octanol–water partition coefficient (Wildman–Crippen LogP) is 4.23. The molecular weight excluding hydrogens is 222 g/mol. The van der Waals surface area contributed by atoms with Crippen LogP contribution in [0.15, 0.2) is 30.5 Å². The van der Waals surface area contributed by atoms with Crippen molar-refractivity contribution in [2.75, 3.05) is 5.73 Å². The minimum Gasteiger partial charge on any atom is -0.493 e. The van der Waals surface area contributed by atoms with Crippen molar-refractivity contribution < 1.29 is 4.74 Å². The van der Waals surface area contributed by atoms with Crippen LogP contribution in [0.4, 0.5) is 5.69 Å². The summed E-state index contributed by atoms with van der Waals surface area (Å²) in [5.74, 6) is 0.870. The van der Waals surface area contributed by atoms with Gasteiger partial charge in [-0.05, 0) is 57.7 Å². The van der Waals surface area contributed by atoms with Crippen molar-refractivity contribution in [1.82, 2.24) is 0 Å². The molecule has 0 saturated heterocycles. The van der Waals surface area contributed by atoms with Crippen LogP contribution in [0.1, 0.15) is 44.7 Å². The first-order chi connectivity index (χ1) is 8.28. The number of ether oxygens (including phenoxy) is 1. The summed E-state index contributed by atoms with van der Waals surface area (Å²) in [6, 6.07) is 6.23. The minimum absolute atomic E-state index is 0.144. The van der Waals surface area contributed by atoms with E-state index in [2.05, 4.69) is 18.7 Å². The Balaban J connectivity index is 2.38. The molecule has 0 spiro atoms. The van der Waals surface area contributed by atoms with Gasteiger partial charge in [0.25, 0.3) is 0 Å². The Labute approximate surface area is 111 Å². The smallest absolute Gasteiger partial charge is 0.100 e. The average Bonchev–Trinajstić information content (AvgIpc) is 2.20. The van der Waals surface area contributed by atoms with E-state index < -0.39 is 0 Å². The van der Waals surface area contributed by atoms with Crippen molar-refractivity contribution in [3.05, 3.63) is 41.7 Å². The van der Waals surface area contributed by atoms with E-state index in [1.54, 1.807) is 0 Å². The highest BCUT2D eigenvalue weighted by atomic mass is 16.5. The number of nitrogens with two attached hydrogens (primary N) is 1. The topological polar surface area (TPSA) is 35.2 Å². The molecule has 1 rings (SSSR count). The van der Waals surface area contributed by atoms with Gasteiger partial charge in [0.2, 0.25) is 0 Å². The van der Waals surface area contributed by atoms with Crippen LogP contribution >= 0.6 is 0 Å². The molecule has 0 saturated carbocycles. The molecule has 1 aromatic rings. The quantitative estimate of drug-likeness (QED) is 0.624. The Morgan fingerprint density at radius 2 is 2.00 bits per heavy atom. The molecule has 0 amide bonds. The zero-order valence-electron chi connectivity index (χ0n) is 12.0. The number of hydrogen-bond donors (Lipinski definition) is 1. The fourth-order valence-electron chi connectivity index (χ4n) is 1.87. The Hall–Kier alpha value is -1.44. The number of anilines is 1. The fraction of sp³-hybridized carbons (Fsp3) is 0.500. The van der Waals surface area contributed by atoms with Gasteiger partial charge < -0.3 is 10.5 Å². The molecule has 100 valence electrons. The molecule has 0 atom stereocenters. The molecule has 2 heteroatoms. The van der Waals surface area contributed by atoms with E-state index in [-0.39, 0.29) is 5.60 Å². The Bertz CT molecular complexity index is 416. The average molecular weight is 247 g/mol. The molecule has 0 aromatic heterocycles. The lowest BCUT2D eigenvalue weighted by Crippen LogP contribution is -2.18. The molecule has 0 fully saturated rings. The second-order valence-corrected chi connectivity index (χ2v) is 5.80. The second kappa shape index (κ2) is 5.94. The van der Waals surface area contributed by atoms with Crippen molar-refractivity contribution >= 4 is 5.69 Å². The summed E-state index contributed by atoms with van der Waals surface area (Å²) in [7, 11) is 0. The van der Waals surface area contributed by atoms with Crippen LogP contribution in [0.3, 0.4) is 0 Å². The molecular formula is C16H25NO. The van der Waals surface area contributed by atoms with Crippen molar-refractivity contribution in [2.24, 2.45) is 0 Å². The lowest BCUT2D eigenvalue weighted by atomic mass is 10.0. The molecule has 0 unspecified atom stereocenters. The van der Waals surface area contributed by atoms with Gasteiger partial charge in [-0.3, -0.25) is 0 Å². The van der Waals surface area contributed by atoms with E-state index in [0.717, 1.165) is 36.3 Å². The normalized spacial score (nSPS) is 11.3. The van der Waals surface area contributed by atoms with Crippen molar-refractivity contribution in [3.8, 4) is 0 Å². The van der Waals surface area contributed by atoms with E-state index in [9.17, 15) is 0 Å². The third-order valence-electron chi connectivity index (χ3n) is 2.71. The highest BCUT2D eigenvalue weighted by molar-refractivity contribution is 5.47. The Morgan fingerprint density at radius 1 is 1.33 bits per heavy atom. The van der Waals surface area contributed by atoms with Gasteiger partial charge in [-0.15, -0.1) is 0 Å². The van der Waals surface area contributed by atoms with Gasteiger partial charge in [-0.25, -0.2) is 0 Å². The zero-order valence-corrected chi connectivity index (χ0v) is 12.0. The van der Waals surface area contributed by atoms with Gasteiger partial charge in [-0.1, -0.05) is 18.7 Å². The molecule has 2 nitrogen and oxygen atoms in total. The number of hydrogen-bond acceptors (Lipinski definition) is 2. The molecule has 0 heterocycles. The van der Waals surface area contributed by atoms with Crippen molar-refractivity contribution in [1.29, 1.82) is 0 Å². The van der Waals surface area contributed by atoms with Gasteiger partial charge in [0.15, 0.2) is 0 Å². The zero-order chi connectivity index (χ0) is 13.8. The van der Waals surface area contributed by atoms with Gasteiger partial charge in [0.1, 0.15) is 5.60 Å². The number of aryl methyl sites for hydroxylation is 2. The van der Waals surface area contributed by atoms with Gasteiger partial charge in [0.05, 0.1) is 5.76 Å². The predicted molar refractivity (Wildman–Crippen MR) is 78.5 cm³/mol. The molecule has 0 bridgehead atoms. The van der Waals surface area contributed by atoms with Gasteiger partial charge in [-0.2, -0.15) is 0 Å². The van der Waals surface area contributed by atoms with Crippen LogP contribution in [0, 0.1) is 6.92 Å². The van der Waals surface area contributed by atoms with Crippen LogP contribution in [-0.4, -0.2) is 5.60 Å². The van der Waals surface area contributed by atoms with Crippen molar-refractivity contribution in [3.63, 3.8) is 0 Å². The van der Waals surface area contributed by atoms with Crippen LogP contribution < -0.4 is 5.73 Å². The first-order valence-corrected chi connectivity index (χ1v) is 6.50. The van der Waals surface area contributed by atoms with Gasteiger partial charge in [0, 0.05) is 12.1 Å². The molecule has 18 heavy (non-hydrogen) atoms. The Morgan fingerprint density at radius 3 is 2.56 bits per heavy atom. The minimum atomic E-state index is -0.144. The van der Waals surface area contributed by atoms with E-state index in [0.29, 0.717) is 0 Å². The third-order valence-corrected chi connectivity index (χ3v) is 2.71. The van der Waals surface area contributed by atoms with Crippen LogP contribution in [0.25, 0.3) is 0 Å². The lowest BCUT2D eigenvalue weighted by molar-refractivity contribution is 0.0474. The van der Waals surface area contributed by atoms with E-state index in [4.69, 9.17) is 10.5 Å². The van der Waals surface area contributed by atoms with Crippen LogP contribution in [-0.2, 0) is 11.2 Å². The maximum atomic E-state index is 5.80. The number of nitrogen functional groups attached to an aromatic ring is 1. The SMILES string of the molecule is C=C(CCCc1ccc(N)c(C)c1)OC(C)(C)C. The largest absolute Gasteiger partial charge is 0.493 e. The number of allylic oxidation sites excluding steroid dienone is 1. The third kappa shape index (κ3) is 5.26. The highest BCUT2D eigenvalue weighted by Crippen LogP contribution is 2.18. The number of rotatable bonds is 5. The van der Waals surface area contributed by atoms with Crippen molar-refractivity contribution in [2.45, 2.75) is 52.6 Å². The standard InChI is InChI=1S/C16H25NO/c1-12-11-14(9-10-15(12)17)8-6-7-13(2)18-16(3,4)5/h9-11H,2,6-8,17H2,1,3-5H3. The fourth-order valence-corrected chi connectivity index (χ4v) is 1.87. The second-order valence-electron chi connectivity index (χ2n) is 5.80. The van der Waals surface area contributed by atoms with E-state index in [1.165, 1.54) is 5.56 Å². The molecule has 1 aromatic carbocycles. The monoisotopic (exact) mass is 247 g/mol. The number of benzene rings is 1. The van der Waals surface area contributed by atoms with Crippen LogP contribution in [0.2, 0.25) is 0 Å². The lowest BCUT2D eigenvalue weighted by Gasteiger charge is -2.22. The molecule has 0 aliphatic carbocycles. The first-order valence-electron chi connectivity index (χ1n) is 6.50.